The van der Waals surface area contributed by atoms with Gasteiger partial charge in [0.1, 0.15) is 5.60 Å². The fourth-order valence-electron chi connectivity index (χ4n) is 3.80. The lowest BCUT2D eigenvalue weighted by Gasteiger charge is -2.35. The van der Waals surface area contributed by atoms with Crippen LogP contribution in [0.25, 0.3) is 11.3 Å². The zero-order valence-electron chi connectivity index (χ0n) is 20.9. The van der Waals surface area contributed by atoms with Crippen molar-refractivity contribution in [2.45, 2.75) is 53.3 Å². The molecule has 0 aliphatic carbocycles. The third-order valence-electron chi connectivity index (χ3n) is 5.45. The van der Waals surface area contributed by atoms with Crippen LogP contribution in [0.4, 0.5) is 9.18 Å². The quantitative estimate of drug-likeness (QED) is 0.635. The molecule has 2 aromatic rings. The third-order valence-corrected chi connectivity index (χ3v) is 5.45. The second-order valence-electron chi connectivity index (χ2n) is 10.0. The van der Waals surface area contributed by atoms with E-state index in [1.807, 2.05) is 34.6 Å². The summed E-state index contributed by atoms with van der Waals surface area (Å²) in [6.45, 7) is 12.8. The summed E-state index contributed by atoms with van der Waals surface area (Å²) < 4.78 is 26.3. The zero-order valence-corrected chi connectivity index (χ0v) is 20.9. The van der Waals surface area contributed by atoms with Gasteiger partial charge in [0.05, 0.1) is 12.8 Å². The first-order chi connectivity index (χ1) is 16.0. The molecule has 186 valence electrons. The number of carbonyl (C=O) groups is 1. The van der Waals surface area contributed by atoms with Crippen LogP contribution in [0.15, 0.2) is 29.1 Å². The smallest absolute Gasteiger partial charge is 0.410 e. The van der Waals surface area contributed by atoms with Crippen molar-refractivity contribution in [3.8, 4) is 17.0 Å². The van der Waals surface area contributed by atoms with E-state index < -0.39 is 11.4 Å². The van der Waals surface area contributed by atoms with Crippen molar-refractivity contribution in [3.05, 3.63) is 46.0 Å². The Balaban J connectivity index is 1.81. The third kappa shape index (κ3) is 6.56. The van der Waals surface area contributed by atoms with Crippen molar-refractivity contribution < 1.29 is 18.7 Å². The fraction of sp³-hybridized carbons (Fsp3) is 0.560. The molecule has 0 saturated carbocycles. The Morgan fingerprint density at radius 1 is 1.15 bits per heavy atom. The van der Waals surface area contributed by atoms with Gasteiger partial charge in [0, 0.05) is 50.4 Å². The minimum Gasteiger partial charge on any atom is -0.494 e. The number of nitrogens with zero attached hydrogens (tertiary/aromatic N) is 4. The van der Waals surface area contributed by atoms with E-state index in [1.165, 1.54) is 17.9 Å². The van der Waals surface area contributed by atoms with Crippen LogP contribution in [0, 0.1) is 11.7 Å². The van der Waals surface area contributed by atoms with Gasteiger partial charge < -0.3 is 14.4 Å². The number of carbonyl (C=O) groups excluding carboxylic acids is 1. The normalized spacial score (nSPS) is 15.0. The van der Waals surface area contributed by atoms with Gasteiger partial charge in [0.25, 0.3) is 5.56 Å². The van der Waals surface area contributed by atoms with Crippen molar-refractivity contribution >= 4 is 6.09 Å². The van der Waals surface area contributed by atoms with Crippen molar-refractivity contribution in [2.24, 2.45) is 5.92 Å². The lowest BCUT2D eigenvalue weighted by atomic mass is 10.1. The lowest BCUT2D eigenvalue weighted by Crippen LogP contribution is -2.50. The summed E-state index contributed by atoms with van der Waals surface area (Å²) in [7, 11) is 1.42. The van der Waals surface area contributed by atoms with Gasteiger partial charge in [0.2, 0.25) is 0 Å². The van der Waals surface area contributed by atoms with Crippen LogP contribution in [-0.2, 0) is 17.8 Å². The molecule has 9 heteroatoms. The van der Waals surface area contributed by atoms with E-state index in [4.69, 9.17) is 9.47 Å². The molecule has 1 aromatic carbocycles. The highest BCUT2D eigenvalue weighted by Gasteiger charge is 2.26. The fourth-order valence-corrected chi connectivity index (χ4v) is 3.80. The number of hydrogen-bond donors (Lipinski definition) is 0. The predicted molar refractivity (Wildman–Crippen MR) is 128 cm³/mol. The van der Waals surface area contributed by atoms with Gasteiger partial charge in [-0.05, 0) is 51.0 Å². The van der Waals surface area contributed by atoms with E-state index in [0.717, 1.165) is 0 Å². The van der Waals surface area contributed by atoms with Gasteiger partial charge in [-0.3, -0.25) is 9.69 Å². The van der Waals surface area contributed by atoms with Crippen molar-refractivity contribution in [1.82, 2.24) is 19.6 Å². The van der Waals surface area contributed by atoms with Gasteiger partial charge in [-0.2, -0.15) is 5.10 Å². The van der Waals surface area contributed by atoms with Crippen molar-refractivity contribution in [3.63, 3.8) is 0 Å². The predicted octanol–water partition coefficient (Wildman–Crippen LogP) is 3.77. The number of methoxy groups -OCH3 is 1. The Bertz CT molecular complexity index is 1070. The lowest BCUT2D eigenvalue weighted by molar-refractivity contribution is 0.0138. The first-order valence-corrected chi connectivity index (χ1v) is 11.6. The molecule has 1 aliphatic heterocycles. The molecule has 0 atom stereocenters. The summed E-state index contributed by atoms with van der Waals surface area (Å²) in [5.74, 6) is -0.108. The first kappa shape index (κ1) is 25.7. The molecule has 1 saturated heterocycles. The largest absolute Gasteiger partial charge is 0.494 e. The molecular weight excluding hydrogens is 439 g/mol. The van der Waals surface area contributed by atoms with Gasteiger partial charge in [-0.1, -0.05) is 13.8 Å². The second-order valence-corrected chi connectivity index (χ2v) is 10.0. The molecule has 0 N–H and O–H groups in total. The van der Waals surface area contributed by atoms with Crippen molar-refractivity contribution in [1.29, 1.82) is 0 Å². The Morgan fingerprint density at radius 3 is 2.38 bits per heavy atom. The molecule has 0 radical (unpaired) electrons. The molecule has 1 fully saturated rings. The maximum absolute atomic E-state index is 14.3. The van der Waals surface area contributed by atoms with Gasteiger partial charge in [-0.25, -0.2) is 13.9 Å². The Labute approximate surface area is 200 Å². The second kappa shape index (κ2) is 10.5. The van der Waals surface area contributed by atoms with Gasteiger partial charge in [0.15, 0.2) is 11.6 Å². The maximum atomic E-state index is 14.3. The summed E-state index contributed by atoms with van der Waals surface area (Å²) in [4.78, 5) is 29.3. The maximum Gasteiger partial charge on any atom is 0.410 e. The molecule has 0 unspecified atom stereocenters. The number of ether oxygens (including phenoxy) is 2. The van der Waals surface area contributed by atoms with Crippen LogP contribution in [-0.4, -0.2) is 64.6 Å². The van der Waals surface area contributed by atoms with E-state index in [-0.39, 0.29) is 23.3 Å². The van der Waals surface area contributed by atoms with Crippen molar-refractivity contribution in [2.75, 3.05) is 33.3 Å². The highest BCUT2D eigenvalue weighted by Crippen LogP contribution is 2.24. The van der Waals surface area contributed by atoms with E-state index in [9.17, 15) is 14.0 Å². The zero-order chi connectivity index (χ0) is 25.0. The van der Waals surface area contributed by atoms with E-state index in [0.29, 0.717) is 56.1 Å². The molecule has 8 nitrogen and oxygen atoms in total. The average molecular weight is 475 g/mol. The molecule has 2 heterocycles. The molecule has 1 amide bonds. The molecule has 1 aliphatic rings. The van der Waals surface area contributed by atoms with Gasteiger partial charge in [-0.15, -0.1) is 0 Å². The molecule has 0 spiro atoms. The van der Waals surface area contributed by atoms with Crippen LogP contribution in [0.3, 0.4) is 0 Å². The molecule has 1 aromatic heterocycles. The molecule has 3 rings (SSSR count). The van der Waals surface area contributed by atoms with E-state index in [1.54, 1.807) is 23.1 Å². The van der Waals surface area contributed by atoms with Crippen LogP contribution >= 0.6 is 0 Å². The minimum atomic E-state index is -0.538. The number of hydrogen-bond acceptors (Lipinski definition) is 6. The topological polar surface area (TPSA) is 76.9 Å². The first-order valence-electron chi connectivity index (χ1n) is 11.6. The summed E-state index contributed by atoms with van der Waals surface area (Å²) in [6, 6.07) is 6.40. The summed E-state index contributed by atoms with van der Waals surface area (Å²) in [5.41, 5.74) is 1.01. The number of rotatable bonds is 6. The van der Waals surface area contributed by atoms with Crippen LogP contribution in [0.5, 0.6) is 5.75 Å². The highest BCUT2D eigenvalue weighted by molar-refractivity contribution is 5.68. The Kier molecular flexibility index (Phi) is 7.97. The Morgan fingerprint density at radius 2 is 1.82 bits per heavy atom. The van der Waals surface area contributed by atoms with E-state index >= 15 is 0 Å². The number of benzene rings is 1. The van der Waals surface area contributed by atoms with Crippen LogP contribution in [0.2, 0.25) is 0 Å². The molecular formula is C25H35FN4O4. The van der Waals surface area contributed by atoms with E-state index in [2.05, 4.69) is 10.00 Å². The molecule has 34 heavy (non-hydrogen) atoms. The molecule has 0 bridgehead atoms. The van der Waals surface area contributed by atoms with Crippen LogP contribution in [0.1, 0.15) is 40.2 Å². The monoisotopic (exact) mass is 474 g/mol. The summed E-state index contributed by atoms with van der Waals surface area (Å²) in [5, 5.41) is 4.51. The Hall–Kier alpha value is -2.94. The summed E-state index contributed by atoms with van der Waals surface area (Å²) in [6.07, 6.45) is -0.320. The number of piperazine rings is 1. The minimum absolute atomic E-state index is 0.152. The average Bonchev–Trinajstić information content (AvgIpc) is 2.75. The standard InChI is InChI=1S/C25H35FN4O4/c1-17(2)15-30-23(31)19(14-21(27-30)18-7-8-22(33-6)20(26)13-18)16-28-9-11-29(12-10-28)24(32)34-25(3,4)5/h7-8,13-14,17H,9-12,15-16H2,1-6H3. The summed E-state index contributed by atoms with van der Waals surface area (Å²) >= 11 is 0. The van der Waals surface area contributed by atoms with Gasteiger partial charge >= 0.3 is 6.09 Å². The SMILES string of the molecule is COc1ccc(-c2cc(CN3CCN(C(=O)OC(C)(C)C)CC3)c(=O)n(CC(C)C)n2)cc1F. The highest BCUT2D eigenvalue weighted by atomic mass is 19.1. The number of amides is 1. The number of halogens is 1. The number of aromatic nitrogens is 2. The van der Waals surface area contributed by atoms with Crippen LogP contribution < -0.4 is 10.3 Å².